The summed E-state index contributed by atoms with van der Waals surface area (Å²) >= 11 is 12.5. The van der Waals surface area contributed by atoms with Crippen LogP contribution in [0.4, 0.5) is 0 Å². The lowest BCUT2D eigenvalue weighted by Gasteiger charge is -2.26. The van der Waals surface area contributed by atoms with Gasteiger partial charge < -0.3 is 5.11 Å². The van der Waals surface area contributed by atoms with Gasteiger partial charge in [0.2, 0.25) is 0 Å². The summed E-state index contributed by atoms with van der Waals surface area (Å²) < 4.78 is 0. The van der Waals surface area contributed by atoms with Gasteiger partial charge in [0.25, 0.3) is 0 Å². The summed E-state index contributed by atoms with van der Waals surface area (Å²) in [5, 5.41) is 12.2. The molecular formula is C25H26Cl2O2. The molecule has 3 aliphatic carbocycles. The maximum Gasteiger partial charge on any atom is 0.167 e. The molecule has 0 radical (unpaired) electrons. The van der Waals surface area contributed by atoms with E-state index in [-0.39, 0.29) is 11.5 Å². The van der Waals surface area contributed by atoms with Crippen LogP contribution in [-0.2, 0) is 11.2 Å². The van der Waals surface area contributed by atoms with Crippen LogP contribution < -0.4 is 0 Å². The van der Waals surface area contributed by atoms with E-state index in [0.29, 0.717) is 40.3 Å². The number of aliphatic hydroxyl groups excluding tert-OH is 1. The van der Waals surface area contributed by atoms with Crippen molar-refractivity contribution in [3.63, 3.8) is 0 Å². The van der Waals surface area contributed by atoms with Crippen LogP contribution in [0.15, 0.2) is 42.2 Å². The Kier molecular flexibility index (Phi) is 6.03. The molecule has 1 N–H and O–H groups in total. The molecule has 1 fully saturated rings. The lowest BCUT2D eigenvalue weighted by molar-refractivity contribution is -0.114. The van der Waals surface area contributed by atoms with Gasteiger partial charge in [0, 0.05) is 28.5 Å². The smallest absolute Gasteiger partial charge is 0.167 e. The molecule has 4 heteroatoms. The van der Waals surface area contributed by atoms with E-state index in [1.54, 1.807) is 6.07 Å². The van der Waals surface area contributed by atoms with E-state index in [9.17, 15) is 9.90 Å². The Bertz CT molecular complexity index is 969. The Hall–Kier alpha value is -1.77. The van der Waals surface area contributed by atoms with E-state index in [4.69, 9.17) is 23.2 Å². The quantitative estimate of drug-likeness (QED) is 0.544. The van der Waals surface area contributed by atoms with Crippen molar-refractivity contribution in [1.29, 1.82) is 0 Å². The lowest BCUT2D eigenvalue weighted by atomic mass is 9.79. The van der Waals surface area contributed by atoms with Gasteiger partial charge in [0.15, 0.2) is 5.78 Å². The van der Waals surface area contributed by atoms with Crippen LogP contribution >= 0.6 is 23.2 Å². The summed E-state index contributed by atoms with van der Waals surface area (Å²) in [5.74, 6) is 1.26. The van der Waals surface area contributed by atoms with Gasteiger partial charge in [-0.3, -0.25) is 4.79 Å². The van der Waals surface area contributed by atoms with E-state index < -0.39 is 0 Å². The number of benzene rings is 2. The highest BCUT2D eigenvalue weighted by molar-refractivity contribution is 6.36. The highest BCUT2D eigenvalue weighted by atomic mass is 35.5. The third-order valence-corrected chi connectivity index (χ3v) is 7.04. The molecule has 0 unspecified atom stereocenters. The van der Waals surface area contributed by atoms with Gasteiger partial charge in [-0.05, 0) is 78.8 Å². The number of aryl methyl sites for hydroxylation is 1. The van der Waals surface area contributed by atoms with Gasteiger partial charge in [-0.2, -0.15) is 0 Å². The molecule has 2 aromatic carbocycles. The maximum absolute atomic E-state index is 13.3. The number of rotatable bonds is 3. The number of halogens is 2. The van der Waals surface area contributed by atoms with Crippen LogP contribution in [0.1, 0.15) is 56.6 Å². The first-order valence-electron chi connectivity index (χ1n) is 10.5. The van der Waals surface area contributed by atoms with Crippen molar-refractivity contribution in [3.05, 3.63) is 63.3 Å². The summed E-state index contributed by atoms with van der Waals surface area (Å²) in [5.41, 5.74) is 4.23. The number of aliphatic hydroxyl groups is 1. The molecule has 0 atom stereocenters. The van der Waals surface area contributed by atoms with E-state index in [1.165, 1.54) is 0 Å². The molecule has 0 heterocycles. The highest BCUT2D eigenvalue weighted by Crippen LogP contribution is 2.41. The van der Waals surface area contributed by atoms with Gasteiger partial charge in [0.05, 0.1) is 5.57 Å². The molecule has 0 aromatic heterocycles. The standard InChI is InChI=1S/C25H26Cl2O2/c1-2-17-7-8-18(20-10-9-19(26)14-22(20)27)13-21(17)25-23(28)11-15-3-4-16(6-5-15)12-24(25)29/h7-10,13-16,28H,2-6,11-12H2,1H3. The predicted octanol–water partition coefficient (Wildman–Crippen LogP) is 7.66. The summed E-state index contributed by atoms with van der Waals surface area (Å²) in [6, 6.07) is 11.5. The van der Waals surface area contributed by atoms with E-state index >= 15 is 0 Å². The number of hydrogen-bond donors (Lipinski definition) is 1. The number of hydrogen-bond acceptors (Lipinski definition) is 2. The van der Waals surface area contributed by atoms with Gasteiger partial charge >= 0.3 is 0 Å². The minimum atomic E-state index is 0.0732. The van der Waals surface area contributed by atoms with Crippen molar-refractivity contribution in [2.24, 2.45) is 11.8 Å². The van der Waals surface area contributed by atoms with Crippen LogP contribution in [-0.4, -0.2) is 10.9 Å². The number of ketones is 1. The third-order valence-electron chi connectivity index (χ3n) is 6.49. The fourth-order valence-corrected chi connectivity index (χ4v) is 5.37. The van der Waals surface area contributed by atoms with Crippen LogP contribution in [0, 0.1) is 11.8 Å². The Morgan fingerprint density at radius 1 is 0.931 bits per heavy atom. The number of allylic oxidation sites excluding steroid dienone is 2. The molecule has 0 amide bonds. The number of carbonyl (C=O) groups excluding carboxylic acids is 1. The Labute approximate surface area is 182 Å². The maximum atomic E-state index is 13.3. The van der Waals surface area contributed by atoms with Crippen molar-refractivity contribution < 1.29 is 9.90 Å². The monoisotopic (exact) mass is 428 g/mol. The van der Waals surface area contributed by atoms with Crippen molar-refractivity contribution in [2.75, 3.05) is 0 Å². The molecule has 29 heavy (non-hydrogen) atoms. The molecule has 0 aliphatic heterocycles. The molecule has 1 saturated carbocycles. The molecule has 0 saturated heterocycles. The average Bonchev–Trinajstić information content (AvgIpc) is 2.78. The molecule has 3 aliphatic rings. The van der Waals surface area contributed by atoms with Gasteiger partial charge in [-0.1, -0.05) is 48.3 Å². The van der Waals surface area contributed by atoms with Crippen LogP contribution in [0.3, 0.4) is 0 Å². The summed E-state index contributed by atoms with van der Waals surface area (Å²) in [4.78, 5) is 13.3. The minimum Gasteiger partial charge on any atom is -0.512 e. The van der Waals surface area contributed by atoms with Crippen LogP contribution in [0.5, 0.6) is 0 Å². The van der Waals surface area contributed by atoms with Crippen molar-refractivity contribution in [1.82, 2.24) is 0 Å². The molecule has 2 bridgehead atoms. The first-order chi connectivity index (χ1) is 14.0. The topological polar surface area (TPSA) is 37.3 Å². The first-order valence-corrected chi connectivity index (χ1v) is 11.3. The Balaban J connectivity index is 1.84. The first kappa shape index (κ1) is 20.5. The third kappa shape index (κ3) is 4.25. The number of carbonyl (C=O) groups is 1. The molecular weight excluding hydrogens is 403 g/mol. The zero-order chi connectivity index (χ0) is 20.5. The number of fused-ring (bicyclic) bond motifs is 5. The van der Waals surface area contributed by atoms with E-state index in [1.807, 2.05) is 30.3 Å². The average molecular weight is 429 g/mol. The summed E-state index contributed by atoms with van der Waals surface area (Å²) in [6.45, 7) is 2.08. The molecule has 152 valence electrons. The van der Waals surface area contributed by atoms with Crippen molar-refractivity contribution in [3.8, 4) is 11.1 Å². The van der Waals surface area contributed by atoms with Crippen LogP contribution in [0.2, 0.25) is 10.0 Å². The number of Topliss-reactive ketones (excluding diaryl/α,β-unsaturated/α-hetero) is 1. The second-order valence-corrected chi connectivity index (χ2v) is 9.23. The zero-order valence-electron chi connectivity index (χ0n) is 16.7. The lowest BCUT2D eigenvalue weighted by Crippen LogP contribution is -2.15. The zero-order valence-corrected chi connectivity index (χ0v) is 18.2. The second-order valence-electron chi connectivity index (χ2n) is 8.39. The van der Waals surface area contributed by atoms with Crippen LogP contribution in [0.25, 0.3) is 16.7 Å². The van der Waals surface area contributed by atoms with E-state index in [0.717, 1.165) is 54.4 Å². The fourth-order valence-electron chi connectivity index (χ4n) is 4.85. The molecule has 2 nitrogen and oxygen atoms in total. The highest BCUT2D eigenvalue weighted by Gasteiger charge is 2.31. The van der Waals surface area contributed by atoms with Gasteiger partial charge in [-0.25, -0.2) is 0 Å². The SMILES string of the molecule is CCc1ccc(-c2ccc(Cl)cc2Cl)cc1C1=C(O)CC2CCC(CC2)CC1=O. The predicted molar refractivity (Wildman–Crippen MR) is 121 cm³/mol. The normalized spacial score (nSPS) is 22.4. The van der Waals surface area contributed by atoms with E-state index in [2.05, 4.69) is 6.92 Å². The summed E-state index contributed by atoms with van der Waals surface area (Å²) in [6.07, 6.45) is 6.33. The molecule has 2 aromatic rings. The summed E-state index contributed by atoms with van der Waals surface area (Å²) in [7, 11) is 0. The largest absolute Gasteiger partial charge is 0.512 e. The molecule has 5 rings (SSSR count). The Morgan fingerprint density at radius 2 is 1.62 bits per heavy atom. The molecule has 0 spiro atoms. The van der Waals surface area contributed by atoms with Gasteiger partial charge in [-0.15, -0.1) is 0 Å². The van der Waals surface area contributed by atoms with Crippen molar-refractivity contribution >= 4 is 34.6 Å². The van der Waals surface area contributed by atoms with Crippen molar-refractivity contribution in [2.45, 2.75) is 51.9 Å². The Morgan fingerprint density at radius 3 is 2.28 bits per heavy atom. The van der Waals surface area contributed by atoms with Gasteiger partial charge in [0.1, 0.15) is 5.76 Å². The minimum absolute atomic E-state index is 0.0732. The fraction of sp³-hybridized carbons (Fsp3) is 0.400. The second kappa shape index (κ2) is 8.53.